The van der Waals surface area contributed by atoms with Crippen LogP contribution in [0.5, 0.6) is 0 Å². The molecule has 1 aliphatic heterocycles. The van der Waals surface area contributed by atoms with E-state index >= 15 is 0 Å². The average Bonchev–Trinajstić information content (AvgIpc) is 1.99. The normalized spacial score (nSPS) is 27.7. The van der Waals surface area contributed by atoms with Crippen LogP contribution in [0, 0.1) is 5.92 Å². The Bertz CT molecular complexity index is 221. The van der Waals surface area contributed by atoms with Crippen LogP contribution in [-0.4, -0.2) is 18.1 Å². The first kappa shape index (κ1) is 10.3. The van der Waals surface area contributed by atoms with Crippen molar-refractivity contribution in [3.63, 3.8) is 0 Å². The van der Waals surface area contributed by atoms with E-state index in [4.69, 9.17) is 10.5 Å². The van der Waals surface area contributed by atoms with E-state index in [1.165, 1.54) is 6.08 Å². The molecule has 0 unspecified atom stereocenters. The van der Waals surface area contributed by atoms with Crippen molar-refractivity contribution in [3.05, 3.63) is 12.2 Å². The standard InChI is InChI=1S/C10H17NO2/c1-10(2)7-8(5-6-13-10)3-4-9(11)12/h3-4,8H,5-7H2,1-2H3,(H2,11,12)/b4-3-/t8-/m0/s1. The molecule has 0 aromatic rings. The van der Waals surface area contributed by atoms with Crippen molar-refractivity contribution in [2.24, 2.45) is 11.7 Å². The maximum absolute atomic E-state index is 10.5. The highest BCUT2D eigenvalue weighted by atomic mass is 16.5. The van der Waals surface area contributed by atoms with E-state index in [-0.39, 0.29) is 11.5 Å². The smallest absolute Gasteiger partial charge is 0.241 e. The van der Waals surface area contributed by atoms with Gasteiger partial charge in [-0.05, 0) is 38.7 Å². The van der Waals surface area contributed by atoms with Crippen LogP contribution in [0.3, 0.4) is 0 Å². The molecule has 1 saturated heterocycles. The van der Waals surface area contributed by atoms with Gasteiger partial charge in [0.25, 0.3) is 0 Å². The lowest BCUT2D eigenvalue weighted by atomic mass is 9.88. The summed E-state index contributed by atoms with van der Waals surface area (Å²) in [6.07, 6.45) is 5.28. The molecule has 0 spiro atoms. The number of carbonyl (C=O) groups is 1. The summed E-state index contributed by atoms with van der Waals surface area (Å²) < 4.78 is 5.55. The van der Waals surface area contributed by atoms with Crippen molar-refractivity contribution in [3.8, 4) is 0 Å². The van der Waals surface area contributed by atoms with Crippen molar-refractivity contribution in [2.45, 2.75) is 32.3 Å². The summed E-state index contributed by atoms with van der Waals surface area (Å²) >= 11 is 0. The summed E-state index contributed by atoms with van der Waals surface area (Å²) in [7, 11) is 0. The van der Waals surface area contributed by atoms with E-state index in [0.717, 1.165) is 19.4 Å². The Kier molecular flexibility index (Phi) is 3.09. The maximum Gasteiger partial charge on any atom is 0.241 e. The molecule has 0 aliphatic carbocycles. The molecule has 0 bridgehead atoms. The molecule has 3 nitrogen and oxygen atoms in total. The number of hydrogen-bond acceptors (Lipinski definition) is 2. The number of carbonyl (C=O) groups excluding carboxylic acids is 1. The third kappa shape index (κ3) is 3.59. The highest BCUT2D eigenvalue weighted by molar-refractivity contribution is 5.85. The van der Waals surface area contributed by atoms with Gasteiger partial charge in [0.15, 0.2) is 0 Å². The Balaban J connectivity index is 2.48. The van der Waals surface area contributed by atoms with Gasteiger partial charge in [0.1, 0.15) is 0 Å². The van der Waals surface area contributed by atoms with Crippen LogP contribution in [0.2, 0.25) is 0 Å². The van der Waals surface area contributed by atoms with E-state index in [1.807, 2.05) is 6.08 Å². The van der Waals surface area contributed by atoms with Gasteiger partial charge >= 0.3 is 0 Å². The zero-order valence-electron chi connectivity index (χ0n) is 8.25. The maximum atomic E-state index is 10.5. The van der Waals surface area contributed by atoms with Crippen LogP contribution in [-0.2, 0) is 9.53 Å². The highest BCUT2D eigenvalue weighted by Gasteiger charge is 2.27. The van der Waals surface area contributed by atoms with E-state index < -0.39 is 0 Å². The third-order valence-electron chi connectivity index (χ3n) is 2.27. The number of allylic oxidation sites excluding steroid dienone is 1. The molecule has 0 aromatic heterocycles. The van der Waals surface area contributed by atoms with Gasteiger partial charge in [-0.25, -0.2) is 0 Å². The molecule has 0 saturated carbocycles. The van der Waals surface area contributed by atoms with E-state index in [2.05, 4.69) is 13.8 Å². The summed E-state index contributed by atoms with van der Waals surface area (Å²) in [5, 5.41) is 0. The lowest BCUT2D eigenvalue weighted by Crippen LogP contribution is -2.33. The van der Waals surface area contributed by atoms with Gasteiger partial charge in [-0.1, -0.05) is 6.08 Å². The predicted molar refractivity (Wildman–Crippen MR) is 51.1 cm³/mol. The van der Waals surface area contributed by atoms with Crippen molar-refractivity contribution >= 4 is 5.91 Å². The quantitative estimate of drug-likeness (QED) is 0.655. The Morgan fingerprint density at radius 1 is 1.62 bits per heavy atom. The fourth-order valence-corrected chi connectivity index (χ4v) is 1.67. The van der Waals surface area contributed by atoms with Crippen LogP contribution < -0.4 is 5.73 Å². The SMILES string of the molecule is CC1(C)C[C@@H](/C=C\C(N)=O)CCO1. The molecule has 1 atom stereocenters. The minimum Gasteiger partial charge on any atom is -0.376 e. The van der Waals surface area contributed by atoms with Crippen molar-refractivity contribution < 1.29 is 9.53 Å². The number of amides is 1. The van der Waals surface area contributed by atoms with Gasteiger partial charge < -0.3 is 10.5 Å². The second kappa shape index (κ2) is 3.92. The molecule has 74 valence electrons. The lowest BCUT2D eigenvalue weighted by Gasteiger charge is -2.34. The second-order valence-corrected chi connectivity index (χ2v) is 4.12. The van der Waals surface area contributed by atoms with Gasteiger partial charge in [-0.15, -0.1) is 0 Å². The van der Waals surface area contributed by atoms with Gasteiger partial charge in [0.2, 0.25) is 5.91 Å². The number of nitrogens with two attached hydrogens (primary N) is 1. The first-order valence-electron chi connectivity index (χ1n) is 4.61. The second-order valence-electron chi connectivity index (χ2n) is 4.12. The highest BCUT2D eigenvalue weighted by Crippen LogP contribution is 2.29. The average molecular weight is 183 g/mol. The minimum atomic E-state index is -0.371. The van der Waals surface area contributed by atoms with Crippen LogP contribution in [0.25, 0.3) is 0 Å². The molecule has 0 radical (unpaired) electrons. The Hall–Kier alpha value is -0.830. The number of rotatable bonds is 2. The molecule has 0 aromatic carbocycles. The zero-order chi connectivity index (χ0) is 9.90. The molecule has 1 aliphatic rings. The monoisotopic (exact) mass is 183 g/mol. The van der Waals surface area contributed by atoms with Gasteiger partial charge in [-0.3, -0.25) is 4.79 Å². The first-order valence-corrected chi connectivity index (χ1v) is 4.61. The molecule has 1 heterocycles. The minimum absolute atomic E-state index is 0.0646. The summed E-state index contributed by atoms with van der Waals surface area (Å²) in [4.78, 5) is 10.5. The summed E-state index contributed by atoms with van der Waals surface area (Å²) in [6.45, 7) is 4.90. The van der Waals surface area contributed by atoms with Crippen LogP contribution in [0.1, 0.15) is 26.7 Å². The Labute approximate surface area is 78.9 Å². The lowest BCUT2D eigenvalue weighted by molar-refractivity contribution is -0.113. The molecule has 2 N–H and O–H groups in total. The summed E-state index contributed by atoms with van der Waals surface area (Å²) in [5.74, 6) is 0.0561. The van der Waals surface area contributed by atoms with Crippen molar-refractivity contribution in [1.29, 1.82) is 0 Å². The van der Waals surface area contributed by atoms with Gasteiger partial charge in [0, 0.05) is 6.61 Å². The topological polar surface area (TPSA) is 52.3 Å². The number of hydrogen-bond donors (Lipinski definition) is 1. The zero-order valence-corrected chi connectivity index (χ0v) is 8.25. The van der Waals surface area contributed by atoms with Crippen LogP contribution in [0.15, 0.2) is 12.2 Å². The van der Waals surface area contributed by atoms with E-state index in [9.17, 15) is 4.79 Å². The molecular formula is C10H17NO2. The fourth-order valence-electron chi connectivity index (χ4n) is 1.67. The van der Waals surface area contributed by atoms with Crippen molar-refractivity contribution in [1.82, 2.24) is 0 Å². The van der Waals surface area contributed by atoms with Crippen molar-refractivity contribution in [2.75, 3.05) is 6.61 Å². The Morgan fingerprint density at radius 2 is 2.31 bits per heavy atom. The first-order chi connectivity index (χ1) is 5.99. The molecule has 3 heteroatoms. The predicted octanol–water partition coefficient (Wildman–Crippen LogP) is 1.23. The molecular weight excluding hydrogens is 166 g/mol. The fraction of sp³-hybridized carbons (Fsp3) is 0.700. The number of primary amides is 1. The largest absolute Gasteiger partial charge is 0.376 e. The molecule has 1 amide bonds. The molecule has 13 heavy (non-hydrogen) atoms. The van der Waals surface area contributed by atoms with Crippen LogP contribution in [0.4, 0.5) is 0 Å². The third-order valence-corrected chi connectivity index (χ3v) is 2.27. The summed E-state index contributed by atoms with van der Waals surface area (Å²) in [6, 6.07) is 0. The molecule has 1 fully saturated rings. The summed E-state index contributed by atoms with van der Waals surface area (Å²) in [5.41, 5.74) is 4.96. The Morgan fingerprint density at radius 3 is 2.85 bits per heavy atom. The van der Waals surface area contributed by atoms with E-state index in [0.29, 0.717) is 5.92 Å². The number of ether oxygens (including phenoxy) is 1. The van der Waals surface area contributed by atoms with Gasteiger partial charge in [0.05, 0.1) is 5.60 Å². The van der Waals surface area contributed by atoms with Crippen LogP contribution >= 0.6 is 0 Å². The molecule has 1 rings (SSSR count). The van der Waals surface area contributed by atoms with Gasteiger partial charge in [-0.2, -0.15) is 0 Å². The van der Waals surface area contributed by atoms with E-state index in [1.54, 1.807) is 0 Å².